The summed E-state index contributed by atoms with van der Waals surface area (Å²) in [6.07, 6.45) is 0.586. The van der Waals surface area contributed by atoms with Crippen LogP contribution in [0, 0.1) is 6.92 Å². The molecule has 0 aliphatic rings. The Labute approximate surface area is 150 Å². The number of rotatable bonds is 4. The molecule has 1 atom stereocenters. The molecule has 130 valence electrons. The van der Waals surface area contributed by atoms with E-state index in [1.165, 1.54) is 23.5 Å². The van der Waals surface area contributed by atoms with E-state index in [9.17, 15) is 13.2 Å². The van der Waals surface area contributed by atoms with Gasteiger partial charge in [-0.1, -0.05) is 18.2 Å². The van der Waals surface area contributed by atoms with Crippen LogP contribution in [-0.2, 0) is 14.6 Å². The second-order valence-corrected chi connectivity index (χ2v) is 8.89. The van der Waals surface area contributed by atoms with E-state index in [4.69, 9.17) is 4.74 Å². The predicted octanol–water partition coefficient (Wildman–Crippen LogP) is 3.93. The molecule has 0 saturated heterocycles. The Bertz CT molecular complexity index is 1020. The summed E-state index contributed by atoms with van der Waals surface area (Å²) < 4.78 is 29.9. The molecule has 1 aromatic heterocycles. The summed E-state index contributed by atoms with van der Waals surface area (Å²) >= 11 is 1.47. The van der Waals surface area contributed by atoms with Gasteiger partial charge < -0.3 is 4.74 Å². The van der Waals surface area contributed by atoms with Crippen molar-refractivity contribution in [2.45, 2.75) is 24.8 Å². The van der Waals surface area contributed by atoms with E-state index in [-0.39, 0.29) is 10.5 Å². The molecular weight excluding hydrogens is 358 g/mol. The van der Waals surface area contributed by atoms with Gasteiger partial charge in [-0.25, -0.2) is 18.2 Å². The number of ether oxygens (including phenoxy) is 1. The van der Waals surface area contributed by atoms with E-state index >= 15 is 0 Å². The molecule has 0 aliphatic heterocycles. The van der Waals surface area contributed by atoms with Crippen LogP contribution in [-0.4, -0.2) is 25.6 Å². The molecule has 0 bridgehead atoms. The van der Waals surface area contributed by atoms with E-state index in [2.05, 4.69) is 4.98 Å². The maximum atomic E-state index is 12.5. The maximum Gasteiger partial charge on any atom is 0.339 e. The van der Waals surface area contributed by atoms with Crippen LogP contribution < -0.4 is 0 Å². The number of carbonyl (C=O) groups is 1. The first-order valence-corrected chi connectivity index (χ1v) is 10.3. The molecule has 1 heterocycles. The zero-order valence-corrected chi connectivity index (χ0v) is 15.6. The maximum absolute atomic E-state index is 12.5. The molecule has 0 N–H and O–H groups in total. The lowest BCUT2D eigenvalue weighted by Gasteiger charge is -2.12. The van der Waals surface area contributed by atoms with Crippen LogP contribution in [0.3, 0.4) is 0 Å². The lowest BCUT2D eigenvalue weighted by atomic mass is 10.1. The number of aromatic nitrogens is 1. The Morgan fingerprint density at radius 2 is 1.92 bits per heavy atom. The van der Waals surface area contributed by atoms with Gasteiger partial charge in [0.15, 0.2) is 15.9 Å². The molecule has 0 spiro atoms. The second kappa shape index (κ2) is 6.57. The molecular formula is C18H17NO4S2. The van der Waals surface area contributed by atoms with Crippen LogP contribution in [0.15, 0.2) is 47.4 Å². The standard InChI is InChI=1S/C18H17NO4S2/c1-11-8-9-13(25(3,21)22)10-14(11)18(20)23-12(2)17-19-15-6-4-5-7-16(15)24-17/h4-10,12H,1-3H3/t12-/m0/s1. The number of fused-ring (bicyclic) bond motifs is 1. The quantitative estimate of drug-likeness (QED) is 0.646. The summed E-state index contributed by atoms with van der Waals surface area (Å²) in [5.74, 6) is -0.560. The van der Waals surface area contributed by atoms with Crippen molar-refractivity contribution in [2.75, 3.05) is 6.26 Å². The van der Waals surface area contributed by atoms with Crippen molar-refractivity contribution >= 4 is 37.4 Å². The molecule has 0 aliphatic carbocycles. The van der Waals surface area contributed by atoms with Gasteiger partial charge in [-0.3, -0.25) is 0 Å². The molecule has 2 aromatic carbocycles. The molecule has 0 amide bonds. The van der Waals surface area contributed by atoms with E-state index in [1.54, 1.807) is 19.9 Å². The van der Waals surface area contributed by atoms with Gasteiger partial charge in [0, 0.05) is 6.26 Å². The first kappa shape index (κ1) is 17.6. The van der Waals surface area contributed by atoms with Crippen LogP contribution >= 0.6 is 11.3 Å². The molecule has 25 heavy (non-hydrogen) atoms. The number of benzene rings is 2. The fourth-order valence-corrected chi connectivity index (χ4v) is 3.99. The molecule has 7 heteroatoms. The summed E-state index contributed by atoms with van der Waals surface area (Å²) in [7, 11) is -3.39. The van der Waals surface area contributed by atoms with Gasteiger partial charge in [0.05, 0.1) is 20.7 Å². The highest BCUT2D eigenvalue weighted by molar-refractivity contribution is 7.90. The first-order valence-electron chi connectivity index (χ1n) is 7.63. The first-order chi connectivity index (χ1) is 11.8. The Hall–Kier alpha value is -2.25. The normalized spacial score (nSPS) is 12.9. The fraction of sp³-hybridized carbons (Fsp3) is 0.222. The third kappa shape index (κ3) is 3.72. The van der Waals surface area contributed by atoms with Gasteiger partial charge in [0.25, 0.3) is 0 Å². The van der Waals surface area contributed by atoms with Crippen molar-refractivity contribution in [3.05, 3.63) is 58.6 Å². The topological polar surface area (TPSA) is 73.3 Å². The Morgan fingerprint density at radius 1 is 1.20 bits per heavy atom. The van der Waals surface area contributed by atoms with Crippen molar-refractivity contribution < 1.29 is 17.9 Å². The van der Waals surface area contributed by atoms with Crippen molar-refractivity contribution in [3.63, 3.8) is 0 Å². The molecule has 0 radical (unpaired) electrons. The molecule has 0 saturated carbocycles. The third-order valence-electron chi connectivity index (χ3n) is 3.80. The Balaban J connectivity index is 1.86. The SMILES string of the molecule is Cc1ccc(S(C)(=O)=O)cc1C(=O)O[C@@H](C)c1nc2ccccc2s1. The third-order valence-corrected chi connectivity index (χ3v) is 6.11. The van der Waals surface area contributed by atoms with Crippen molar-refractivity contribution in [2.24, 2.45) is 0 Å². The van der Waals surface area contributed by atoms with E-state index in [0.29, 0.717) is 10.6 Å². The lowest BCUT2D eigenvalue weighted by Crippen LogP contribution is -2.11. The van der Waals surface area contributed by atoms with Gasteiger partial charge >= 0.3 is 5.97 Å². The van der Waals surface area contributed by atoms with Gasteiger partial charge in [0.2, 0.25) is 0 Å². The molecule has 0 unspecified atom stereocenters. The van der Waals surface area contributed by atoms with Crippen LogP contribution in [0.2, 0.25) is 0 Å². The van der Waals surface area contributed by atoms with Crippen LogP contribution in [0.25, 0.3) is 10.2 Å². The second-order valence-electron chi connectivity index (χ2n) is 5.82. The van der Waals surface area contributed by atoms with Crippen LogP contribution in [0.1, 0.15) is 34.0 Å². The highest BCUT2D eigenvalue weighted by Gasteiger charge is 2.20. The van der Waals surface area contributed by atoms with Gasteiger partial charge in [-0.05, 0) is 43.7 Å². The average molecular weight is 375 g/mol. The average Bonchev–Trinajstić information content (AvgIpc) is 2.98. The van der Waals surface area contributed by atoms with Gasteiger partial charge in [-0.15, -0.1) is 11.3 Å². The van der Waals surface area contributed by atoms with Crippen LogP contribution in [0.4, 0.5) is 0 Å². The largest absolute Gasteiger partial charge is 0.452 e. The number of thiazole rings is 1. The number of carbonyl (C=O) groups excluding carboxylic acids is 1. The van der Waals surface area contributed by atoms with Crippen molar-refractivity contribution in [3.8, 4) is 0 Å². The smallest absolute Gasteiger partial charge is 0.339 e. The molecule has 3 rings (SSSR count). The number of sulfone groups is 1. The minimum atomic E-state index is -3.39. The van der Waals surface area contributed by atoms with Gasteiger partial charge in [0.1, 0.15) is 5.01 Å². The number of esters is 1. The summed E-state index contributed by atoms with van der Waals surface area (Å²) in [6.45, 7) is 3.50. The summed E-state index contributed by atoms with van der Waals surface area (Å²) in [6, 6.07) is 12.2. The van der Waals surface area contributed by atoms with E-state index in [0.717, 1.165) is 16.5 Å². The predicted molar refractivity (Wildman–Crippen MR) is 97.7 cm³/mol. The fourth-order valence-electron chi connectivity index (χ4n) is 2.39. The minimum absolute atomic E-state index is 0.0951. The Morgan fingerprint density at radius 3 is 2.60 bits per heavy atom. The highest BCUT2D eigenvalue weighted by atomic mass is 32.2. The lowest BCUT2D eigenvalue weighted by molar-refractivity contribution is 0.0336. The number of para-hydroxylation sites is 1. The zero-order chi connectivity index (χ0) is 18.2. The van der Waals surface area contributed by atoms with Crippen molar-refractivity contribution in [1.82, 2.24) is 4.98 Å². The number of hydrogen-bond donors (Lipinski definition) is 0. The minimum Gasteiger partial charge on any atom is -0.452 e. The molecule has 0 fully saturated rings. The van der Waals surface area contributed by atoms with Crippen molar-refractivity contribution in [1.29, 1.82) is 0 Å². The summed E-state index contributed by atoms with van der Waals surface area (Å²) in [5.41, 5.74) is 1.77. The number of aryl methyl sites for hydroxylation is 1. The highest BCUT2D eigenvalue weighted by Crippen LogP contribution is 2.29. The summed E-state index contributed by atoms with van der Waals surface area (Å²) in [5, 5.41) is 0.700. The number of hydrogen-bond acceptors (Lipinski definition) is 6. The van der Waals surface area contributed by atoms with Crippen LogP contribution in [0.5, 0.6) is 0 Å². The van der Waals surface area contributed by atoms with Gasteiger partial charge in [-0.2, -0.15) is 0 Å². The number of nitrogens with zero attached hydrogens (tertiary/aromatic N) is 1. The molecule has 3 aromatic rings. The van der Waals surface area contributed by atoms with E-state index in [1.807, 2.05) is 24.3 Å². The monoisotopic (exact) mass is 375 g/mol. The summed E-state index contributed by atoms with van der Waals surface area (Å²) in [4.78, 5) is 17.1. The molecule has 5 nitrogen and oxygen atoms in total. The Kier molecular flexibility index (Phi) is 4.62. The van der Waals surface area contributed by atoms with E-state index < -0.39 is 21.9 Å². The zero-order valence-electron chi connectivity index (χ0n) is 14.0.